The van der Waals surface area contributed by atoms with Gasteiger partial charge in [-0.3, -0.25) is 10.1 Å². The van der Waals surface area contributed by atoms with Gasteiger partial charge < -0.3 is 10.2 Å². The van der Waals surface area contributed by atoms with Crippen molar-refractivity contribution in [3.63, 3.8) is 0 Å². The Morgan fingerprint density at radius 2 is 1.88 bits per heavy atom. The molecule has 0 spiro atoms. The number of benzene rings is 2. The van der Waals surface area contributed by atoms with Crippen molar-refractivity contribution in [2.45, 2.75) is 12.3 Å². The zero-order valence-electron chi connectivity index (χ0n) is 18.1. The molecule has 1 aliphatic rings. The van der Waals surface area contributed by atoms with Gasteiger partial charge >= 0.3 is 0 Å². The number of amides is 1. The minimum Gasteiger partial charge on any atom is -0.369 e. The monoisotopic (exact) mass is 504 g/mol. The lowest BCUT2D eigenvalue weighted by molar-refractivity contribution is 0.101. The summed E-state index contributed by atoms with van der Waals surface area (Å²) in [5, 5.41) is 7.25. The van der Waals surface area contributed by atoms with Gasteiger partial charge in [0.05, 0.1) is 16.1 Å². The van der Waals surface area contributed by atoms with Gasteiger partial charge in [0.25, 0.3) is 5.91 Å². The van der Waals surface area contributed by atoms with Crippen LogP contribution in [-0.4, -0.2) is 37.1 Å². The first-order valence-electron chi connectivity index (χ1n) is 10.4. The number of piperazine rings is 1. The molecule has 1 atom stereocenters. The summed E-state index contributed by atoms with van der Waals surface area (Å²) in [6.45, 7) is 4.30. The molecule has 3 aromatic rings. The highest BCUT2D eigenvalue weighted by Gasteiger charge is 2.31. The third-order valence-corrected chi connectivity index (χ3v) is 6.82. The summed E-state index contributed by atoms with van der Waals surface area (Å²) in [5.74, 6) is -0.921. The largest absolute Gasteiger partial charge is 0.369 e. The molecule has 5 nitrogen and oxygen atoms in total. The number of anilines is 2. The molecular weight excluding hydrogens is 485 g/mol. The van der Waals surface area contributed by atoms with Gasteiger partial charge in [0.1, 0.15) is 23.0 Å². The second-order valence-corrected chi connectivity index (χ2v) is 9.18. The smallest absolute Gasteiger partial charge is 0.263 e. The van der Waals surface area contributed by atoms with Crippen LogP contribution < -0.4 is 15.5 Å². The van der Waals surface area contributed by atoms with E-state index in [4.69, 9.17) is 18.0 Å². The Labute approximate surface area is 204 Å². The molecule has 1 saturated heterocycles. The number of nitrogens with one attached hydrogen (secondary N) is 2. The average Bonchev–Trinajstić information content (AvgIpc) is 3.29. The maximum atomic E-state index is 14.7. The number of halogens is 4. The maximum absolute atomic E-state index is 14.7. The van der Waals surface area contributed by atoms with Crippen molar-refractivity contribution in [2.24, 2.45) is 0 Å². The van der Waals surface area contributed by atoms with Gasteiger partial charge in [0.2, 0.25) is 0 Å². The van der Waals surface area contributed by atoms with E-state index < -0.39 is 34.3 Å². The molecule has 2 N–H and O–H groups in total. The van der Waals surface area contributed by atoms with Crippen molar-refractivity contribution in [1.82, 2.24) is 10.3 Å². The molecule has 1 amide bonds. The summed E-state index contributed by atoms with van der Waals surface area (Å²) in [5.41, 5.74) is -0.626. The molecule has 34 heavy (non-hydrogen) atoms. The zero-order valence-corrected chi connectivity index (χ0v) is 19.7. The van der Waals surface area contributed by atoms with Crippen LogP contribution in [0.5, 0.6) is 0 Å². The molecule has 0 aliphatic carbocycles. The molecule has 10 heteroatoms. The quantitative estimate of drug-likeness (QED) is 0.489. The number of thiazole rings is 1. The van der Waals surface area contributed by atoms with Gasteiger partial charge in [-0.1, -0.05) is 23.6 Å². The van der Waals surface area contributed by atoms with E-state index in [9.17, 15) is 18.0 Å². The highest BCUT2D eigenvalue weighted by atomic mass is 35.5. The van der Waals surface area contributed by atoms with E-state index in [1.807, 2.05) is 4.90 Å². The third-order valence-electron chi connectivity index (χ3n) is 5.76. The average molecular weight is 505 g/mol. The number of carbonyl (C=O) groups is 1. The van der Waals surface area contributed by atoms with E-state index in [1.54, 1.807) is 18.4 Å². The Bertz CT molecular complexity index is 1260. The molecule has 2 heterocycles. The van der Waals surface area contributed by atoms with Crippen molar-refractivity contribution in [3.8, 4) is 12.3 Å². The van der Waals surface area contributed by atoms with Crippen LogP contribution in [-0.2, 0) is 5.41 Å². The van der Waals surface area contributed by atoms with Crippen LogP contribution in [0, 0.1) is 29.8 Å². The zero-order chi connectivity index (χ0) is 24.5. The molecule has 0 radical (unpaired) electrons. The van der Waals surface area contributed by atoms with Crippen LogP contribution in [0.25, 0.3) is 0 Å². The van der Waals surface area contributed by atoms with Crippen LogP contribution in [0.1, 0.15) is 28.5 Å². The number of terminal acetylenes is 1. The molecule has 176 valence electrons. The Morgan fingerprint density at radius 1 is 1.21 bits per heavy atom. The van der Waals surface area contributed by atoms with Gasteiger partial charge in [0.15, 0.2) is 5.13 Å². The van der Waals surface area contributed by atoms with Gasteiger partial charge in [-0.15, -0.1) is 17.8 Å². The van der Waals surface area contributed by atoms with Crippen molar-refractivity contribution >= 4 is 39.7 Å². The number of rotatable bonds is 5. The van der Waals surface area contributed by atoms with Crippen molar-refractivity contribution in [2.75, 3.05) is 36.4 Å². The summed E-state index contributed by atoms with van der Waals surface area (Å²) in [4.78, 5) is 18.8. The summed E-state index contributed by atoms with van der Waals surface area (Å²) < 4.78 is 43.5. The van der Waals surface area contributed by atoms with E-state index in [2.05, 4.69) is 21.5 Å². The lowest BCUT2D eigenvalue weighted by atomic mass is 9.81. The standard InChI is InChI=1S/C24H20ClF3N4OS/c1-3-24(2,14-4-5-16(25)17(26)10-14)20-13-34-23(30-20)31-22(33)21-18(27)11-15(12-19(21)28)32-8-6-29-7-9-32/h1,4-5,10-13,29H,6-9H2,2H3,(H,30,31,33). The van der Waals surface area contributed by atoms with Crippen LogP contribution in [0.4, 0.5) is 24.0 Å². The fourth-order valence-corrected chi connectivity index (χ4v) is 4.65. The fourth-order valence-electron chi connectivity index (χ4n) is 3.71. The van der Waals surface area contributed by atoms with Gasteiger partial charge in [0, 0.05) is 37.2 Å². The van der Waals surface area contributed by atoms with Crippen molar-refractivity contribution in [3.05, 3.63) is 75.0 Å². The third kappa shape index (κ3) is 4.62. The molecule has 0 saturated carbocycles. The number of carbonyl (C=O) groups excluding carboxylic acids is 1. The minimum atomic E-state index is -1.12. The summed E-state index contributed by atoms with van der Waals surface area (Å²) in [6, 6.07) is 6.52. The molecule has 1 unspecified atom stereocenters. The number of aromatic nitrogens is 1. The van der Waals surface area contributed by atoms with E-state index in [1.165, 1.54) is 12.1 Å². The second-order valence-electron chi connectivity index (χ2n) is 7.91. The van der Waals surface area contributed by atoms with Gasteiger partial charge in [-0.25, -0.2) is 18.2 Å². The highest BCUT2D eigenvalue weighted by Crippen LogP contribution is 2.35. The van der Waals surface area contributed by atoms with Crippen molar-refractivity contribution in [1.29, 1.82) is 0 Å². The molecule has 1 aliphatic heterocycles. The number of hydrogen-bond acceptors (Lipinski definition) is 5. The normalized spacial score (nSPS) is 15.5. The minimum absolute atomic E-state index is 0.0404. The number of nitrogens with zero attached hydrogens (tertiary/aromatic N) is 2. The number of hydrogen-bond donors (Lipinski definition) is 2. The highest BCUT2D eigenvalue weighted by molar-refractivity contribution is 7.14. The first-order chi connectivity index (χ1) is 16.2. The predicted octanol–water partition coefficient (Wildman–Crippen LogP) is 4.81. The topological polar surface area (TPSA) is 57.3 Å². The SMILES string of the molecule is C#CC(C)(c1ccc(Cl)c(F)c1)c1csc(NC(=O)c2c(F)cc(N3CCNCC3)cc2F)n1. The van der Waals surface area contributed by atoms with Gasteiger partial charge in [-0.05, 0) is 36.8 Å². The van der Waals surface area contributed by atoms with Gasteiger partial charge in [-0.2, -0.15) is 0 Å². The van der Waals surface area contributed by atoms with E-state index in [0.717, 1.165) is 23.5 Å². The summed E-state index contributed by atoms with van der Waals surface area (Å²) in [7, 11) is 0. The lowest BCUT2D eigenvalue weighted by Gasteiger charge is -2.29. The van der Waals surface area contributed by atoms with Crippen LogP contribution in [0.3, 0.4) is 0 Å². The van der Waals surface area contributed by atoms with E-state index in [-0.39, 0.29) is 10.2 Å². The summed E-state index contributed by atoms with van der Waals surface area (Å²) >= 11 is 6.80. The molecule has 2 aromatic carbocycles. The molecule has 1 fully saturated rings. The molecular formula is C24H20ClF3N4OS. The Kier molecular flexibility index (Phi) is 6.84. The van der Waals surface area contributed by atoms with Crippen molar-refractivity contribution < 1.29 is 18.0 Å². The fraction of sp³-hybridized carbons (Fsp3) is 0.250. The van der Waals surface area contributed by atoms with Crippen LogP contribution in [0.15, 0.2) is 35.7 Å². The Hall–Kier alpha value is -3.06. The molecule has 4 rings (SSSR count). The first kappa shape index (κ1) is 24.1. The van der Waals surface area contributed by atoms with Crippen LogP contribution >= 0.6 is 22.9 Å². The lowest BCUT2D eigenvalue weighted by Crippen LogP contribution is -2.43. The second kappa shape index (κ2) is 9.66. The van der Waals surface area contributed by atoms with E-state index >= 15 is 0 Å². The summed E-state index contributed by atoms with van der Waals surface area (Å²) in [6.07, 6.45) is 5.74. The Morgan fingerprint density at radius 3 is 2.50 bits per heavy atom. The van der Waals surface area contributed by atoms with E-state index in [0.29, 0.717) is 43.1 Å². The maximum Gasteiger partial charge on any atom is 0.263 e. The Balaban J connectivity index is 1.56. The first-order valence-corrected chi connectivity index (χ1v) is 11.6. The predicted molar refractivity (Wildman–Crippen MR) is 128 cm³/mol. The van der Waals surface area contributed by atoms with Crippen LogP contribution in [0.2, 0.25) is 5.02 Å². The molecule has 1 aromatic heterocycles. The molecule has 0 bridgehead atoms.